The molecule has 1 fully saturated rings. The SMILES string of the molecule is O=C(CN1CCN(C(=O)/C=C/c2cc3ccccc3o2)CC1)Nc1ccc(F)cc1. The first kappa shape index (κ1) is 19.8. The van der Waals surface area contributed by atoms with Crippen molar-refractivity contribution in [1.82, 2.24) is 9.80 Å². The van der Waals surface area contributed by atoms with Crippen LogP contribution in [-0.4, -0.2) is 54.3 Å². The number of anilines is 1. The van der Waals surface area contributed by atoms with Gasteiger partial charge in [0.25, 0.3) is 0 Å². The standard InChI is InChI=1S/C23H22FN3O3/c24-18-5-7-19(8-6-18)25-22(28)16-26-11-13-27(14-12-26)23(29)10-9-20-15-17-3-1-2-4-21(17)30-20/h1-10,15H,11-14,16H2,(H,25,28)/b10-9+. The second-order valence-electron chi connectivity index (χ2n) is 7.18. The van der Waals surface area contributed by atoms with E-state index in [9.17, 15) is 14.0 Å². The topological polar surface area (TPSA) is 65.8 Å². The van der Waals surface area contributed by atoms with Crippen LogP contribution in [0.1, 0.15) is 5.76 Å². The number of carbonyl (C=O) groups is 2. The Morgan fingerprint density at radius 3 is 2.50 bits per heavy atom. The Kier molecular flexibility index (Phi) is 5.90. The molecule has 0 bridgehead atoms. The molecule has 1 N–H and O–H groups in total. The Balaban J connectivity index is 1.24. The van der Waals surface area contributed by atoms with Gasteiger partial charge in [-0.1, -0.05) is 18.2 Å². The van der Waals surface area contributed by atoms with Gasteiger partial charge in [-0.05, 0) is 42.5 Å². The summed E-state index contributed by atoms with van der Waals surface area (Å²) in [6.45, 7) is 2.55. The molecule has 2 amide bonds. The molecule has 1 aromatic heterocycles. The molecule has 0 saturated carbocycles. The van der Waals surface area contributed by atoms with Crippen LogP contribution in [0.4, 0.5) is 10.1 Å². The molecule has 4 rings (SSSR count). The molecule has 30 heavy (non-hydrogen) atoms. The van der Waals surface area contributed by atoms with E-state index in [1.54, 1.807) is 11.0 Å². The number of nitrogens with one attached hydrogen (secondary N) is 1. The maximum Gasteiger partial charge on any atom is 0.246 e. The molecule has 7 heteroatoms. The van der Waals surface area contributed by atoms with Crippen LogP contribution in [0.5, 0.6) is 0 Å². The van der Waals surface area contributed by atoms with Crippen molar-refractivity contribution in [1.29, 1.82) is 0 Å². The van der Waals surface area contributed by atoms with Gasteiger partial charge < -0.3 is 14.6 Å². The third-order valence-electron chi connectivity index (χ3n) is 5.01. The fourth-order valence-electron chi connectivity index (χ4n) is 3.41. The third kappa shape index (κ3) is 4.93. The lowest BCUT2D eigenvalue weighted by molar-refractivity contribution is -0.127. The fourth-order valence-corrected chi connectivity index (χ4v) is 3.41. The van der Waals surface area contributed by atoms with Gasteiger partial charge in [0.2, 0.25) is 11.8 Å². The number of fused-ring (bicyclic) bond motifs is 1. The number of benzene rings is 2. The molecule has 2 aromatic carbocycles. The molecule has 1 aliphatic rings. The first-order valence-corrected chi connectivity index (χ1v) is 9.80. The average Bonchev–Trinajstić information content (AvgIpc) is 3.17. The predicted octanol–water partition coefficient (Wildman–Crippen LogP) is 3.37. The van der Waals surface area contributed by atoms with Crippen molar-refractivity contribution in [2.45, 2.75) is 0 Å². The molecule has 0 atom stereocenters. The van der Waals surface area contributed by atoms with E-state index < -0.39 is 0 Å². The Bertz CT molecular complexity index is 1030. The lowest BCUT2D eigenvalue weighted by Crippen LogP contribution is -2.50. The molecular formula is C23H22FN3O3. The monoisotopic (exact) mass is 407 g/mol. The van der Waals surface area contributed by atoms with Gasteiger partial charge in [0, 0.05) is 43.3 Å². The third-order valence-corrected chi connectivity index (χ3v) is 5.01. The van der Waals surface area contributed by atoms with Crippen LogP contribution in [0.15, 0.2) is 65.1 Å². The number of hydrogen-bond donors (Lipinski definition) is 1. The largest absolute Gasteiger partial charge is 0.457 e. The molecule has 154 valence electrons. The van der Waals surface area contributed by atoms with Crippen LogP contribution < -0.4 is 5.32 Å². The van der Waals surface area contributed by atoms with Crippen LogP contribution in [0.2, 0.25) is 0 Å². The highest BCUT2D eigenvalue weighted by Crippen LogP contribution is 2.19. The van der Waals surface area contributed by atoms with Crippen LogP contribution in [-0.2, 0) is 9.59 Å². The minimum atomic E-state index is -0.344. The van der Waals surface area contributed by atoms with Crippen molar-refractivity contribution >= 4 is 34.5 Å². The van der Waals surface area contributed by atoms with Crippen LogP contribution >= 0.6 is 0 Å². The number of carbonyl (C=O) groups excluding carboxylic acids is 2. The predicted molar refractivity (Wildman–Crippen MR) is 113 cm³/mol. The molecule has 1 saturated heterocycles. The van der Waals surface area contributed by atoms with Gasteiger partial charge in [-0.3, -0.25) is 14.5 Å². The first-order valence-electron chi connectivity index (χ1n) is 9.80. The normalized spacial score (nSPS) is 15.0. The molecule has 6 nitrogen and oxygen atoms in total. The number of para-hydroxylation sites is 1. The van der Waals surface area contributed by atoms with E-state index in [1.165, 1.54) is 30.3 Å². The van der Waals surface area contributed by atoms with Crippen molar-refractivity contribution in [2.24, 2.45) is 0 Å². The number of nitrogens with zero attached hydrogens (tertiary/aromatic N) is 2. The first-order chi connectivity index (χ1) is 14.6. The highest BCUT2D eigenvalue weighted by Gasteiger charge is 2.21. The highest BCUT2D eigenvalue weighted by atomic mass is 19.1. The van der Waals surface area contributed by atoms with Gasteiger partial charge in [-0.2, -0.15) is 0 Å². The quantitative estimate of drug-likeness (QED) is 0.659. The molecular weight excluding hydrogens is 385 g/mol. The number of piperazine rings is 1. The Morgan fingerprint density at radius 2 is 1.77 bits per heavy atom. The number of rotatable bonds is 5. The summed E-state index contributed by atoms with van der Waals surface area (Å²) in [6, 6.07) is 15.3. The van der Waals surface area contributed by atoms with E-state index in [0.717, 1.165) is 11.0 Å². The van der Waals surface area contributed by atoms with Crippen molar-refractivity contribution in [2.75, 3.05) is 38.0 Å². The minimum Gasteiger partial charge on any atom is -0.457 e. The lowest BCUT2D eigenvalue weighted by atomic mass is 10.2. The van der Waals surface area contributed by atoms with E-state index >= 15 is 0 Å². The summed E-state index contributed by atoms with van der Waals surface area (Å²) in [5.74, 6) is 0.0563. The molecule has 0 unspecified atom stereocenters. The lowest BCUT2D eigenvalue weighted by Gasteiger charge is -2.33. The maximum absolute atomic E-state index is 12.9. The molecule has 0 aliphatic carbocycles. The highest BCUT2D eigenvalue weighted by molar-refractivity contribution is 5.93. The summed E-state index contributed by atoms with van der Waals surface area (Å²) in [4.78, 5) is 28.4. The van der Waals surface area contributed by atoms with Crippen molar-refractivity contribution in [3.63, 3.8) is 0 Å². The van der Waals surface area contributed by atoms with Crippen molar-refractivity contribution < 1.29 is 18.4 Å². The summed E-state index contributed by atoms with van der Waals surface area (Å²) >= 11 is 0. The summed E-state index contributed by atoms with van der Waals surface area (Å²) in [7, 11) is 0. The van der Waals surface area contributed by atoms with E-state index in [1.807, 2.05) is 35.2 Å². The zero-order chi connectivity index (χ0) is 20.9. The smallest absolute Gasteiger partial charge is 0.246 e. The van der Waals surface area contributed by atoms with Gasteiger partial charge in [0.05, 0.1) is 6.54 Å². The summed E-state index contributed by atoms with van der Waals surface area (Å²) in [6.07, 6.45) is 3.21. The number of hydrogen-bond acceptors (Lipinski definition) is 4. The van der Waals surface area contributed by atoms with Gasteiger partial charge in [-0.25, -0.2) is 4.39 Å². The van der Waals surface area contributed by atoms with Crippen LogP contribution in [0.25, 0.3) is 17.0 Å². The number of amides is 2. The number of furan rings is 1. The summed E-state index contributed by atoms with van der Waals surface area (Å²) in [5, 5.41) is 3.75. The molecule has 2 heterocycles. The van der Waals surface area contributed by atoms with Crippen LogP contribution in [0.3, 0.4) is 0 Å². The van der Waals surface area contributed by atoms with E-state index in [0.29, 0.717) is 37.6 Å². The average molecular weight is 407 g/mol. The molecule has 1 aliphatic heterocycles. The number of halogens is 1. The van der Waals surface area contributed by atoms with E-state index in [-0.39, 0.29) is 24.2 Å². The van der Waals surface area contributed by atoms with E-state index in [2.05, 4.69) is 5.32 Å². The van der Waals surface area contributed by atoms with Gasteiger partial charge >= 0.3 is 0 Å². The maximum atomic E-state index is 12.9. The van der Waals surface area contributed by atoms with Gasteiger partial charge in [0.15, 0.2) is 0 Å². The summed E-state index contributed by atoms with van der Waals surface area (Å²) in [5.41, 5.74) is 1.35. The van der Waals surface area contributed by atoms with E-state index in [4.69, 9.17) is 4.42 Å². The van der Waals surface area contributed by atoms with Crippen molar-refractivity contribution in [3.8, 4) is 0 Å². The Hall–Kier alpha value is -3.45. The minimum absolute atomic E-state index is 0.0779. The van der Waals surface area contributed by atoms with Crippen LogP contribution in [0, 0.1) is 5.82 Å². The van der Waals surface area contributed by atoms with Crippen molar-refractivity contribution in [3.05, 3.63) is 72.3 Å². The fraction of sp³-hybridized carbons (Fsp3) is 0.217. The zero-order valence-electron chi connectivity index (χ0n) is 16.4. The Labute approximate surface area is 173 Å². The second-order valence-corrected chi connectivity index (χ2v) is 7.18. The van der Waals surface area contributed by atoms with Gasteiger partial charge in [0.1, 0.15) is 17.2 Å². The molecule has 0 radical (unpaired) electrons. The second kappa shape index (κ2) is 8.92. The molecule has 3 aromatic rings. The van der Waals surface area contributed by atoms with Gasteiger partial charge in [-0.15, -0.1) is 0 Å². The Morgan fingerprint density at radius 1 is 1.03 bits per heavy atom. The molecule has 0 spiro atoms. The zero-order valence-corrected chi connectivity index (χ0v) is 16.4. The summed E-state index contributed by atoms with van der Waals surface area (Å²) < 4.78 is 18.6.